The summed E-state index contributed by atoms with van der Waals surface area (Å²) in [6.07, 6.45) is -2.95. The van der Waals surface area contributed by atoms with Gasteiger partial charge in [0.2, 0.25) is 0 Å². The van der Waals surface area contributed by atoms with Crippen LogP contribution < -0.4 is 32.1 Å². The normalized spacial score (nSPS) is 29.5. The van der Waals surface area contributed by atoms with Crippen LogP contribution in [0.1, 0.15) is 66.7 Å². The van der Waals surface area contributed by atoms with E-state index in [1.807, 2.05) is 0 Å². The summed E-state index contributed by atoms with van der Waals surface area (Å²) >= 11 is -1.54. The number of carbonyl (C=O) groups is 3. The molecule has 0 saturated carbocycles. The van der Waals surface area contributed by atoms with E-state index in [1.54, 1.807) is 6.92 Å². The van der Waals surface area contributed by atoms with Crippen LogP contribution in [0.2, 0.25) is 0 Å². The molecule has 6 unspecified atom stereocenters. The van der Waals surface area contributed by atoms with Crippen molar-refractivity contribution < 1.29 is 74.1 Å². The molecule has 0 bridgehead atoms. The zero-order chi connectivity index (χ0) is 29.1. The van der Waals surface area contributed by atoms with E-state index in [-0.39, 0.29) is 40.8 Å². The van der Waals surface area contributed by atoms with Crippen molar-refractivity contribution in [3.8, 4) is 17.2 Å². The molecule has 2 aromatic carbocycles. The Balaban J connectivity index is 1.62. The number of aliphatic hydroxyl groups is 3. The van der Waals surface area contributed by atoms with Gasteiger partial charge < -0.3 is 0 Å². The molecular formula is C27H29INO11-. The van der Waals surface area contributed by atoms with Gasteiger partial charge in [-0.25, -0.2) is 0 Å². The number of halogens is 1. The Kier molecular flexibility index (Phi) is 7.67. The number of benzene rings is 2. The fourth-order valence-electron chi connectivity index (χ4n) is 5.60. The van der Waals surface area contributed by atoms with Crippen LogP contribution in [-0.2, 0) is 19.0 Å². The van der Waals surface area contributed by atoms with Gasteiger partial charge in [-0.3, -0.25) is 0 Å². The molecule has 2 aliphatic carbocycles. The van der Waals surface area contributed by atoms with Gasteiger partial charge in [0.05, 0.1) is 0 Å². The maximum absolute atomic E-state index is 13.7. The monoisotopic (exact) mass is 670 g/mol. The predicted octanol–water partition coefficient (Wildman–Crippen LogP) is -2.99. The van der Waals surface area contributed by atoms with Crippen LogP contribution in [0.5, 0.6) is 17.2 Å². The van der Waals surface area contributed by atoms with Crippen molar-refractivity contribution in [2.24, 2.45) is 5.73 Å². The molecular weight excluding hydrogens is 641 g/mol. The minimum atomic E-state index is -2.14. The van der Waals surface area contributed by atoms with Crippen LogP contribution in [0, 0.1) is 0 Å². The van der Waals surface area contributed by atoms with E-state index < -0.39 is 109 Å². The molecule has 40 heavy (non-hydrogen) atoms. The van der Waals surface area contributed by atoms with Crippen molar-refractivity contribution in [2.75, 3.05) is 13.7 Å². The molecule has 1 heterocycles. The Bertz CT molecular complexity index is 1400. The first-order chi connectivity index (χ1) is 18.9. The summed E-state index contributed by atoms with van der Waals surface area (Å²) in [5, 5.41) is 53.8. The molecule has 2 aromatic rings. The predicted molar refractivity (Wildman–Crippen MR) is 132 cm³/mol. The SMILES string of the molecule is COc1cccc2c1C(=O)c1c(O)c3c(c(O)c1C2=O)CC(O)(C(=O)CO)CC3[I-]OC1CC(N)C(O)C(C)O1. The zero-order valence-corrected chi connectivity index (χ0v) is 23.7. The quantitative estimate of drug-likeness (QED) is 0.0883. The van der Waals surface area contributed by atoms with E-state index in [9.17, 15) is 39.9 Å². The van der Waals surface area contributed by atoms with E-state index in [0.29, 0.717) is 0 Å². The second-order valence-electron chi connectivity index (χ2n) is 10.2. The minimum absolute atomic E-state index is 0.0293. The number of fused-ring (bicyclic) bond motifs is 3. The second-order valence-corrected chi connectivity index (χ2v) is 12.7. The van der Waals surface area contributed by atoms with E-state index in [1.165, 1.54) is 25.3 Å². The van der Waals surface area contributed by atoms with Crippen LogP contribution in [0.25, 0.3) is 0 Å². The molecule has 1 fully saturated rings. The first-order valence-electron chi connectivity index (χ1n) is 12.5. The van der Waals surface area contributed by atoms with Gasteiger partial charge in [-0.05, 0) is 0 Å². The number of phenols is 2. The summed E-state index contributed by atoms with van der Waals surface area (Å²) < 4.78 is 16.1. The zero-order valence-electron chi connectivity index (χ0n) is 21.6. The fraction of sp³-hybridized carbons (Fsp3) is 0.444. The third-order valence-corrected chi connectivity index (χ3v) is 10.3. The number of phenolic OH excluding ortho intramolecular Hbond substituents is 2. The van der Waals surface area contributed by atoms with Crippen molar-refractivity contribution in [1.82, 2.24) is 0 Å². The molecule has 0 amide bonds. The van der Waals surface area contributed by atoms with Gasteiger partial charge in [0, 0.05) is 0 Å². The number of hydrogen-bond donors (Lipinski definition) is 6. The van der Waals surface area contributed by atoms with E-state index in [0.717, 1.165) is 0 Å². The number of Topliss-reactive ketones (excluding diaryl/α,β-unsaturated/α-hetero) is 1. The van der Waals surface area contributed by atoms with E-state index >= 15 is 0 Å². The van der Waals surface area contributed by atoms with Crippen molar-refractivity contribution in [3.63, 3.8) is 0 Å². The number of nitrogens with two attached hydrogens (primary N) is 1. The first-order valence-corrected chi connectivity index (χ1v) is 14.7. The second kappa shape index (κ2) is 10.6. The van der Waals surface area contributed by atoms with Gasteiger partial charge in [0.15, 0.2) is 0 Å². The molecule has 7 N–H and O–H groups in total. The van der Waals surface area contributed by atoms with E-state index in [2.05, 4.69) is 0 Å². The molecule has 3 aliphatic rings. The van der Waals surface area contributed by atoms with Crippen LogP contribution in [0.3, 0.4) is 0 Å². The van der Waals surface area contributed by atoms with Gasteiger partial charge in [0.1, 0.15) is 0 Å². The van der Waals surface area contributed by atoms with Crippen LogP contribution in [-0.4, -0.2) is 86.7 Å². The van der Waals surface area contributed by atoms with Crippen LogP contribution in [0.15, 0.2) is 18.2 Å². The number of methoxy groups -OCH3 is 1. The van der Waals surface area contributed by atoms with Gasteiger partial charge >= 0.3 is 240 Å². The third kappa shape index (κ3) is 4.49. The molecule has 0 spiro atoms. The summed E-state index contributed by atoms with van der Waals surface area (Å²) in [5.41, 5.74) is 2.92. The van der Waals surface area contributed by atoms with Crippen molar-refractivity contribution in [2.45, 2.75) is 60.3 Å². The van der Waals surface area contributed by atoms with E-state index in [4.69, 9.17) is 18.3 Å². The molecule has 12 nitrogen and oxygen atoms in total. The number of rotatable bonds is 6. The number of ketones is 3. The Labute approximate surface area is 239 Å². The standard InChI is InChI=1S/C27H29INO11/c1-10-22(32)14(29)6-17(39-10)40-28-13-8-27(37,16(31)9-30)7-12-18(13)25(35)21-20(24(12)34)23(33)11-4-3-5-15(38-2)19(11)26(21)36/h3-5,10,13-14,17,22,30,32,34-35,37H,6-9,29H2,1-2H3/q-1. The molecule has 216 valence electrons. The first kappa shape index (κ1) is 28.9. The molecule has 0 radical (unpaired) electrons. The summed E-state index contributed by atoms with van der Waals surface area (Å²) in [6, 6.07) is 3.79. The Morgan fingerprint density at radius 2 is 1.88 bits per heavy atom. The van der Waals surface area contributed by atoms with Crippen molar-refractivity contribution >= 4 is 17.3 Å². The Morgan fingerprint density at radius 1 is 1.18 bits per heavy atom. The summed E-state index contributed by atoms with van der Waals surface area (Å²) in [5.74, 6) is -3.45. The molecule has 5 rings (SSSR count). The van der Waals surface area contributed by atoms with Gasteiger partial charge in [-0.2, -0.15) is 0 Å². The number of alkyl halides is 1. The van der Waals surface area contributed by atoms with Crippen molar-refractivity contribution in [3.05, 3.63) is 51.6 Å². The van der Waals surface area contributed by atoms with Gasteiger partial charge in [0.25, 0.3) is 0 Å². The molecule has 13 heteroatoms. The van der Waals surface area contributed by atoms with Gasteiger partial charge in [-0.1, -0.05) is 0 Å². The molecule has 1 aliphatic heterocycles. The molecule has 1 saturated heterocycles. The molecule has 6 atom stereocenters. The third-order valence-electron chi connectivity index (χ3n) is 7.73. The molecule has 0 aromatic heterocycles. The Hall–Kier alpha value is -2.66. The number of aromatic hydroxyl groups is 2. The van der Waals surface area contributed by atoms with Crippen LogP contribution in [0.4, 0.5) is 0 Å². The number of aliphatic hydroxyl groups excluding tert-OH is 2. The van der Waals surface area contributed by atoms with Gasteiger partial charge in [-0.15, -0.1) is 0 Å². The summed E-state index contributed by atoms with van der Waals surface area (Å²) in [6.45, 7) is 0.661. The number of ether oxygens (including phenoxy) is 2. The topological polar surface area (TPSA) is 206 Å². The average Bonchev–Trinajstić information content (AvgIpc) is 2.93. The number of hydrogen-bond acceptors (Lipinski definition) is 12. The summed E-state index contributed by atoms with van der Waals surface area (Å²) in [7, 11) is 1.34. The van der Waals surface area contributed by atoms with Crippen LogP contribution >= 0.6 is 0 Å². The van der Waals surface area contributed by atoms with Crippen molar-refractivity contribution in [1.29, 1.82) is 0 Å². The average molecular weight is 670 g/mol. The Morgan fingerprint density at radius 3 is 2.52 bits per heavy atom. The summed E-state index contributed by atoms with van der Waals surface area (Å²) in [4.78, 5) is 39.8. The number of carbonyl (C=O) groups excluding carboxylic acids is 3. The maximum atomic E-state index is 13.7. The fourth-order valence-corrected chi connectivity index (χ4v) is 8.44.